The summed E-state index contributed by atoms with van der Waals surface area (Å²) in [4.78, 5) is 66.9. The summed E-state index contributed by atoms with van der Waals surface area (Å²) >= 11 is 0. The van der Waals surface area contributed by atoms with E-state index in [-0.39, 0.29) is 36.1 Å². The molecule has 2 heterocycles. The Morgan fingerprint density at radius 3 is 2.53 bits per heavy atom. The summed E-state index contributed by atoms with van der Waals surface area (Å²) in [5.74, 6) is -2.11. The number of para-hydroxylation sites is 1. The average molecular weight is 525 g/mol. The lowest BCUT2D eigenvalue weighted by molar-refractivity contribution is -0.146. The smallest absolute Gasteiger partial charge is 0.289 e. The van der Waals surface area contributed by atoms with Crippen LogP contribution in [0.1, 0.15) is 51.9 Å². The summed E-state index contributed by atoms with van der Waals surface area (Å²) < 4.78 is 5.86. The van der Waals surface area contributed by atoms with E-state index in [0.717, 1.165) is 32.1 Å². The number of rotatable bonds is 10. The van der Waals surface area contributed by atoms with Gasteiger partial charge in [0.25, 0.3) is 11.8 Å². The van der Waals surface area contributed by atoms with Gasteiger partial charge in [-0.25, -0.2) is 0 Å². The van der Waals surface area contributed by atoms with Crippen molar-refractivity contribution in [2.45, 2.75) is 76.1 Å². The van der Waals surface area contributed by atoms with Crippen LogP contribution in [0, 0.1) is 17.8 Å². The number of carbonyl (C=O) groups excluding carboxylic acids is 5. The molecule has 2 aliphatic heterocycles. The first-order chi connectivity index (χ1) is 18.3. The van der Waals surface area contributed by atoms with Crippen LogP contribution in [0.4, 0.5) is 0 Å². The van der Waals surface area contributed by atoms with Crippen LogP contribution in [-0.4, -0.2) is 71.6 Å². The average Bonchev–Trinajstić information content (AvgIpc) is 3.27. The Kier molecular flexibility index (Phi) is 7.67. The zero-order valence-electron chi connectivity index (χ0n) is 21.7. The minimum Gasteiger partial charge on any atom is -0.481 e. The van der Waals surface area contributed by atoms with E-state index in [1.54, 1.807) is 24.0 Å². The van der Waals surface area contributed by atoms with Crippen LogP contribution >= 0.6 is 0 Å². The molecule has 0 radical (unpaired) electrons. The fourth-order valence-corrected chi connectivity index (χ4v) is 6.14. The first-order valence-corrected chi connectivity index (χ1v) is 13.8. The van der Waals surface area contributed by atoms with Crippen LogP contribution in [0.5, 0.6) is 5.75 Å². The van der Waals surface area contributed by atoms with Crippen molar-refractivity contribution < 1.29 is 28.7 Å². The van der Waals surface area contributed by atoms with Gasteiger partial charge in [0.2, 0.25) is 17.6 Å². The second-order valence-electron chi connectivity index (χ2n) is 11.0. The van der Waals surface area contributed by atoms with Crippen LogP contribution in [0.15, 0.2) is 30.3 Å². The van der Waals surface area contributed by atoms with Gasteiger partial charge in [-0.1, -0.05) is 24.6 Å². The van der Waals surface area contributed by atoms with E-state index >= 15 is 0 Å². The maximum Gasteiger partial charge on any atom is 0.289 e. The minimum absolute atomic E-state index is 0.00845. The number of amides is 4. The number of fused-ring (bicyclic) bond motifs is 1. The lowest BCUT2D eigenvalue weighted by atomic mass is 9.91. The van der Waals surface area contributed by atoms with Crippen LogP contribution in [0.25, 0.3) is 0 Å². The van der Waals surface area contributed by atoms with Crippen molar-refractivity contribution in [1.29, 1.82) is 0 Å². The number of ketones is 1. The Bertz CT molecular complexity index is 1090. The Morgan fingerprint density at radius 2 is 1.84 bits per heavy atom. The second-order valence-corrected chi connectivity index (χ2v) is 11.0. The molecule has 38 heavy (non-hydrogen) atoms. The fourth-order valence-electron chi connectivity index (χ4n) is 6.14. The van der Waals surface area contributed by atoms with Crippen molar-refractivity contribution in [2.75, 3.05) is 13.1 Å². The lowest BCUT2D eigenvalue weighted by Gasteiger charge is -2.31. The minimum atomic E-state index is -1.13. The van der Waals surface area contributed by atoms with Crippen molar-refractivity contribution in [2.24, 2.45) is 17.8 Å². The van der Waals surface area contributed by atoms with Gasteiger partial charge in [0.05, 0.1) is 6.04 Å². The molecule has 0 spiro atoms. The maximum absolute atomic E-state index is 13.8. The largest absolute Gasteiger partial charge is 0.481 e. The van der Waals surface area contributed by atoms with Crippen molar-refractivity contribution >= 4 is 29.4 Å². The summed E-state index contributed by atoms with van der Waals surface area (Å²) in [6.07, 6.45) is 4.17. The van der Waals surface area contributed by atoms with Gasteiger partial charge in [0, 0.05) is 25.0 Å². The molecule has 4 aliphatic rings. The van der Waals surface area contributed by atoms with Gasteiger partial charge in [0.1, 0.15) is 11.8 Å². The van der Waals surface area contributed by atoms with Crippen molar-refractivity contribution in [3.05, 3.63) is 30.3 Å². The highest BCUT2D eigenvalue weighted by Gasteiger charge is 2.51. The van der Waals surface area contributed by atoms with E-state index in [1.165, 1.54) is 0 Å². The Morgan fingerprint density at radius 1 is 1.08 bits per heavy atom. The highest BCUT2D eigenvalue weighted by Crippen LogP contribution is 2.42. The van der Waals surface area contributed by atoms with E-state index in [9.17, 15) is 24.0 Å². The monoisotopic (exact) mass is 524 g/mol. The highest BCUT2D eigenvalue weighted by atomic mass is 16.5. The van der Waals surface area contributed by atoms with Crippen molar-refractivity contribution in [3.63, 3.8) is 0 Å². The van der Waals surface area contributed by atoms with Gasteiger partial charge in [-0.05, 0) is 69.4 Å². The molecule has 1 aromatic rings. The Hall–Kier alpha value is -3.43. The molecule has 0 aromatic heterocycles. The molecule has 2 saturated heterocycles. The van der Waals surface area contributed by atoms with E-state index in [0.29, 0.717) is 25.3 Å². The molecule has 10 heteroatoms. The van der Waals surface area contributed by atoms with E-state index in [4.69, 9.17) is 4.74 Å². The molecule has 5 rings (SSSR count). The predicted molar refractivity (Wildman–Crippen MR) is 137 cm³/mol. The third-order valence-electron chi connectivity index (χ3n) is 8.30. The summed E-state index contributed by atoms with van der Waals surface area (Å²) in [6, 6.07) is 7.16. The first-order valence-electron chi connectivity index (χ1n) is 13.8. The number of likely N-dealkylation sites (tertiary alicyclic amines) is 1. The van der Waals surface area contributed by atoms with Gasteiger partial charge < -0.3 is 25.6 Å². The lowest BCUT2D eigenvalue weighted by Crippen LogP contribution is -2.56. The summed E-state index contributed by atoms with van der Waals surface area (Å²) in [5, 5.41) is 8.24. The van der Waals surface area contributed by atoms with Crippen molar-refractivity contribution in [3.8, 4) is 5.75 Å². The standard InChI is InChI=1S/C28H36N4O6/c1-16(38-20-7-3-2-4-8-20)28(37)32-15-18-6-5-9-21(18)23(32)26(35)31-22(14-17-12-13-29-25(17)34)24(33)27(36)30-19-10-11-19/h2-4,7-8,16-19,21-23H,5-6,9-15H2,1H3,(H,29,34)(H,30,36)(H,31,35)/t16-,17+,18+,21+,22+,23+/m1/s1. The molecule has 1 aromatic carbocycles. The molecule has 4 fully saturated rings. The van der Waals surface area contributed by atoms with Gasteiger partial charge in [-0.15, -0.1) is 0 Å². The number of Topliss-reactive ketones (excluding diaryl/α,β-unsaturated/α-hetero) is 1. The number of benzene rings is 1. The molecule has 2 aliphatic carbocycles. The molecule has 204 valence electrons. The number of hydrogen-bond donors (Lipinski definition) is 3. The van der Waals surface area contributed by atoms with Crippen LogP contribution in [0.3, 0.4) is 0 Å². The molecular weight excluding hydrogens is 488 g/mol. The zero-order valence-corrected chi connectivity index (χ0v) is 21.7. The molecule has 10 nitrogen and oxygen atoms in total. The molecule has 2 saturated carbocycles. The summed E-state index contributed by atoms with van der Waals surface area (Å²) in [5.41, 5.74) is 0. The normalized spacial score (nSPS) is 27.7. The van der Waals surface area contributed by atoms with Gasteiger partial charge in [-0.3, -0.25) is 24.0 Å². The number of nitrogens with one attached hydrogen (secondary N) is 3. The fraction of sp³-hybridized carbons (Fsp3) is 0.607. The number of ether oxygens (including phenoxy) is 1. The Labute approximate surface area is 222 Å². The predicted octanol–water partition coefficient (Wildman–Crippen LogP) is 0.940. The maximum atomic E-state index is 13.8. The van der Waals surface area contributed by atoms with Gasteiger partial charge in [0.15, 0.2) is 6.10 Å². The topological polar surface area (TPSA) is 134 Å². The van der Waals surface area contributed by atoms with Crippen LogP contribution < -0.4 is 20.7 Å². The number of hydrogen-bond acceptors (Lipinski definition) is 6. The summed E-state index contributed by atoms with van der Waals surface area (Å²) in [7, 11) is 0. The molecule has 6 atom stereocenters. The van der Waals surface area contributed by atoms with E-state index in [2.05, 4.69) is 16.0 Å². The number of carbonyl (C=O) groups is 5. The zero-order chi connectivity index (χ0) is 26.8. The first kappa shape index (κ1) is 26.2. The Balaban J connectivity index is 1.32. The molecule has 3 N–H and O–H groups in total. The van der Waals surface area contributed by atoms with Crippen LogP contribution in [-0.2, 0) is 24.0 Å². The quantitative estimate of drug-likeness (QED) is 0.390. The van der Waals surface area contributed by atoms with Crippen LogP contribution in [0.2, 0.25) is 0 Å². The summed E-state index contributed by atoms with van der Waals surface area (Å²) in [6.45, 7) is 2.63. The van der Waals surface area contributed by atoms with E-state index < -0.39 is 41.7 Å². The molecule has 4 amide bonds. The third-order valence-corrected chi connectivity index (χ3v) is 8.30. The number of nitrogens with zero attached hydrogens (tertiary/aromatic N) is 1. The van der Waals surface area contributed by atoms with E-state index in [1.807, 2.05) is 18.2 Å². The third kappa shape index (κ3) is 5.68. The molecule has 0 unspecified atom stereocenters. The molecular formula is C28H36N4O6. The van der Waals surface area contributed by atoms with Crippen molar-refractivity contribution in [1.82, 2.24) is 20.9 Å². The molecule has 0 bridgehead atoms. The van der Waals surface area contributed by atoms with Gasteiger partial charge >= 0.3 is 0 Å². The SMILES string of the molecule is C[C@@H](Oc1ccccc1)C(=O)N1C[C@@H]2CCC[C@@H]2[C@H]1C(=O)N[C@@H](C[C@@H]1CCNC1=O)C(=O)C(=O)NC1CC1. The second kappa shape index (κ2) is 11.1. The van der Waals surface area contributed by atoms with Gasteiger partial charge in [-0.2, -0.15) is 0 Å². The highest BCUT2D eigenvalue weighted by molar-refractivity contribution is 6.38.